The van der Waals surface area contributed by atoms with Crippen LogP contribution in [0.3, 0.4) is 0 Å². The van der Waals surface area contributed by atoms with Crippen molar-refractivity contribution in [3.05, 3.63) is 58.1 Å². The lowest BCUT2D eigenvalue weighted by molar-refractivity contribution is -0.385. The molecule has 0 fully saturated rings. The molecule has 9 nitrogen and oxygen atoms in total. The number of nitrogens with one attached hydrogen (secondary N) is 1. The largest absolute Gasteiger partial charge is 0.495 e. The van der Waals surface area contributed by atoms with Gasteiger partial charge in [-0.2, -0.15) is 0 Å². The maximum Gasteiger partial charge on any atom is 0.339 e. The maximum absolute atomic E-state index is 12.3. The highest BCUT2D eigenvalue weighted by Gasteiger charge is 2.23. The van der Waals surface area contributed by atoms with Crippen LogP contribution < -0.4 is 14.8 Å². The van der Waals surface area contributed by atoms with Crippen LogP contribution in [0.2, 0.25) is 0 Å². The molecular weight excluding hydrogens is 356 g/mol. The second-order valence-electron chi connectivity index (χ2n) is 5.38. The van der Waals surface area contributed by atoms with E-state index in [4.69, 9.17) is 14.2 Å². The summed E-state index contributed by atoms with van der Waals surface area (Å²) in [6.45, 7) is 1.39. The third kappa shape index (κ3) is 4.72. The van der Waals surface area contributed by atoms with Crippen LogP contribution in [-0.4, -0.2) is 37.1 Å². The van der Waals surface area contributed by atoms with Crippen molar-refractivity contribution < 1.29 is 28.7 Å². The van der Waals surface area contributed by atoms with Gasteiger partial charge in [0.05, 0.1) is 30.4 Å². The van der Waals surface area contributed by atoms with Gasteiger partial charge in [0.2, 0.25) is 0 Å². The van der Waals surface area contributed by atoms with Gasteiger partial charge in [-0.3, -0.25) is 14.9 Å². The van der Waals surface area contributed by atoms with Crippen LogP contribution in [0.4, 0.5) is 11.4 Å². The van der Waals surface area contributed by atoms with E-state index in [2.05, 4.69) is 5.32 Å². The van der Waals surface area contributed by atoms with E-state index in [0.29, 0.717) is 11.4 Å². The summed E-state index contributed by atoms with van der Waals surface area (Å²) in [5, 5.41) is 13.6. The Kier molecular flexibility index (Phi) is 6.32. The smallest absolute Gasteiger partial charge is 0.339 e. The molecule has 0 bridgehead atoms. The number of ether oxygens (including phenoxy) is 3. The number of rotatable bonds is 7. The number of benzene rings is 2. The summed E-state index contributed by atoms with van der Waals surface area (Å²) in [7, 11) is 2.75. The fourth-order valence-electron chi connectivity index (χ4n) is 2.22. The van der Waals surface area contributed by atoms with Crippen molar-refractivity contribution in [2.45, 2.75) is 13.0 Å². The number of anilines is 1. The van der Waals surface area contributed by atoms with Crippen molar-refractivity contribution >= 4 is 23.3 Å². The van der Waals surface area contributed by atoms with Crippen LogP contribution in [0.25, 0.3) is 0 Å². The molecule has 1 N–H and O–H groups in total. The first kappa shape index (κ1) is 19.7. The van der Waals surface area contributed by atoms with E-state index in [1.807, 2.05) is 0 Å². The molecule has 0 aliphatic rings. The first-order valence-electron chi connectivity index (χ1n) is 7.84. The van der Waals surface area contributed by atoms with Gasteiger partial charge in [0.1, 0.15) is 5.75 Å². The number of amides is 1. The van der Waals surface area contributed by atoms with Crippen LogP contribution in [0.15, 0.2) is 42.5 Å². The van der Waals surface area contributed by atoms with E-state index in [-0.39, 0.29) is 17.0 Å². The minimum absolute atomic E-state index is 0.0125. The van der Waals surface area contributed by atoms with Crippen LogP contribution in [0.5, 0.6) is 11.5 Å². The van der Waals surface area contributed by atoms with Gasteiger partial charge in [0, 0.05) is 6.07 Å². The Morgan fingerprint density at radius 1 is 1.07 bits per heavy atom. The Labute approximate surface area is 155 Å². The molecule has 0 radical (unpaired) electrons. The third-order valence-corrected chi connectivity index (χ3v) is 3.63. The predicted octanol–water partition coefficient (Wildman–Crippen LogP) is 2.80. The molecule has 0 saturated heterocycles. The van der Waals surface area contributed by atoms with Crippen LogP contribution in [0, 0.1) is 10.1 Å². The van der Waals surface area contributed by atoms with Crippen molar-refractivity contribution in [2.24, 2.45) is 0 Å². The molecule has 0 aliphatic carbocycles. The number of nitro groups is 1. The summed E-state index contributed by atoms with van der Waals surface area (Å²) in [5.41, 5.74) is -0.0227. The average Bonchev–Trinajstić information content (AvgIpc) is 2.67. The molecule has 1 atom stereocenters. The quantitative estimate of drug-likeness (QED) is 0.450. The lowest BCUT2D eigenvalue weighted by Crippen LogP contribution is -2.30. The topological polar surface area (TPSA) is 117 Å². The molecule has 27 heavy (non-hydrogen) atoms. The van der Waals surface area contributed by atoms with Crippen LogP contribution in [-0.2, 0) is 9.53 Å². The first-order valence-corrected chi connectivity index (χ1v) is 7.84. The third-order valence-electron chi connectivity index (χ3n) is 3.63. The Balaban J connectivity index is 2.09. The Bertz CT molecular complexity index is 867. The van der Waals surface area contributed by atoms with Crippen molar-refractivity contribution in [1.29, 1.82) is 0 Å². The molecule has 0 spiro atoms. The minimum atomic E-state index is -1.14. The van der Waals surface area contributed by atoms with Gasteiger partial charge in [0.25, 0.3) is 5.91 Å². The van der Waals surface area contributed by atoms with Crippen molar-refractivity contribution in [1.82, 2.24) is 0 Å². The second kappa shape index (κ2) is 8.65. The van der Waals surface area contributed by atoms with E-state index in [1.165, 1.54) is 33.3 Å². The molecule has 0 heterocycles. The summed E-state index contributed by atoms with van der Waals surface area (Å²) >= 11 is 0. The van der Waals surface area contributed by atoms with Crippen LogP contribution in [0.1, 0.15) is 17.3 Å². The second-order valence-corrected chi connectivity index (χ2v) is 5.38. The molecular formula is C18H18N2O7. The SMILES string of the molecule is COc1ccccc1NC(=O)C(C)OC(=O)c1ccc(OC)c([N+](=O)[O-])c1. The van der Waals surface area contributed by atoms with Gasteiger partial charge in [-0.05, 0) is 31.2 Å². The summed E-state index contributed by atoms with van der Waals surface area (Å²) in [4.78, 5) is 34.8. The molecule has 2 rings (SSSR count). The predicted molar refractivity (Wildman–Crippen MR) is 96.1 cm³/mol. The van der Waals surface area contributed by atoms with E-state index < -0.39 is 22.9 Å². The Hall–Kier alpha value is -3.62. The van der Waals surface area contributed by atoms with Gasteiger partial charge in [-0.1, -0.05) is 12.1 Å². The highest BCUT2D eigenvalue weighted by Crippen LogP contribution is 2.28. The first-order chi connectivity index (χ1) is 12.9. The summed E-state index contributed by atoms with van der Waals surface area (Å²) in [5.74, 6) is -0.979. The lowest BCUT2D eigenvalue weighted by atomic mass is 10.2. The summed E-state index contributed by atoms with van der Waals surface area (Å²) in [6, 6.07) is 10.4. The minimum Gasteiger partial charge on any atom is -0.495 e. The number of carbonyl (C=O) groups is 2. The number of nitrogens with zero attached hydrogens (tertiary/aromatic N) is 1. The van der Waals surface area contributed by atoms with Crippen molar-refractivity contribution in [2.75, 3.05) is 19.5 Å². The zero-order valence-corrected chi connectivity index (χ0v) is 14.9. The molecule has 2 aromatic rings. The maximum atomic E-state index is 12.3. The number of carbonyl (C=O) groups excluding carboxylic acids is 2. The number of hydrogen-bond donors (Lipinski definition) is 1. The van der Waals surface area contributed by atoms with Crippen molar-refractivity contribution in [3.8, 4) is 11.5 Å². The lowest BCUT2D eigenvalue weighted by Gasteiger charge is -2.15. The summed E-state index contributed by atoms with van der Waals surface area (Å²) in [6.07, 6.45) is -1.14. The highest BCUT2D eigenvalue weighted by atomic mass is 16.6. The fraction of sp³-hybridized carbons (Fsp3) is 0.222. The molecule has 1 amide bonds. The van der Waals surface area contributed by atoms with E-state index in [1.54, 1.807) is 24.3 Å². The Morgan fingerprint density at radius 3 is 2.37 bits per heavy atom. The molecule has 0 aromatic heterocycles. The van der Waals surface area contributed by atoms with Gasteiger partial charge < -0.3 is 19.5 Å². The molecule has 2 aromatic carbocycles. The van der Waals surface area contributed by atoms with Gasteiger partial charge in [0.15, 0.2) is 11.9 Å². The zero-order valence-electron chi connectivity index (χ0n) is 14.9. The van der Waals surface area contributed by atoms with Crippen LogP contribution >= 0.6 is 0 Å². The fourth-order valence-corrected chi connectivity index (χ4v) is 2.22. The number of methoxy groups -OCH3 is 2. The molecule has 142 valence electrons. The average molecular weight is 374 g/mol. The van der Waals surface area contributed by atoms with E-state index in [0.717, 1.165) is 6.07 Å². The number of hydrogen-bond acceptors (Lipinski definition) is 7. The monoisotopic (exact) mass is 374 g/mol. The molecule has 0 aliphatic heterocycles. The molecule has 1 unspecified atom stereocenters. The van der Waals surface area contributed by atoms with E-state index >= 15 is 0 Å². The molecule has 0 saturated carbocycles. The van der Waals surface area contributed by atoms with Gasteiger partial charge in [-0.15, -0.1) is 0 Å². The van der Waals surface area contributed by atoms with E-state index in [9.17, 15) is 19.7 Å². The van der Waals surface area contributed by atoms with Gasteiger partial charge >= 0.3 is 11.7 Å². The van der Waals surface area contributed by atoms with Crippen molar-refractivity contribution in [3.63, 3.8) is 0 Å². The number of para-hydroxylation sites is 2. The standard InChI is InChI=1S/C18H18N2O7/c1-11(17(21)19-13-6-4-5-7-15(13)25-2)27-18(22)12-8-9-16(26-3)14(10-12)20(23)24/h4-11H,1-3H3,(H,19,21). The number of esters is 1. The zero-order chi connectivity index (χ0) is 20.0. The number of nitro benzene ring substituents is 1. The Morgan fingerprint density at radius 2 is 1.74 bits per heavy atom. The normalized spacial score (nSPS) is 11.2. The summed E-state index contributed by atoms with van der Waals surface area (Å²) < 4.78 is 15.1. The highest BCUT2D eigenvalue weighted by molar-refractivity contribution is 5.98. The molecule has 9 heteroatoms. The van der Waals surface area contributed by atoms with Gasteiger partial charge in [-0.25, -0.2) is 4.79 Å².